The normalized spacial score (nSPS) is 10.2. The Labute approximate surface area is 82.2 Å². The Hall–Kier alpha value is -0.960. The Kier molecular flexibility index (Phi) is 2.98. The molecule has 0 saturated heterocycles. The third kappa shape index (κ3) is 2.04. The first-order chi connectivity index (χ1) is 6.06. The molecular weight excluding hydrogens is 188 g/mol. The number of Topliss-reactive ketones (excluding diaryl/α,β-unsaturated/α-hetero) is 1. The molecule has 3 nitrogen and oxygen atoms in total. The summed E-state index contributed by atoms with van der Waals surface area (Å²) in [5.41, 5.74) is 1.64. The van der Waals surface area contributed by atoms with Gasteiger partial charge in [0, 0.05) is 6.42 Å². The van der Waals surface area contributed by atoms with Gasteiger partial charge in [-0.25, -0.2) is 9.97 Å². The van der Waals surface area contributed by atoms with E-state index in [1.165, 1.54) is 0 Å². The van der Waals surface area contributed by atoms with Crippen LogP contribution in [-0.2, 0) is 0 Å². The number of aromatic nitrogens is 2. The van der Waals surface area contributed by atoms with Crippen LogP contribution in [0.15, 0.2) is 0 Å². The molecule has 0 spiro atoms. The third-order valence-electron chi connectivity index (χ3n) is 1.77. The second-order valence-corrected chi connectivity index (χ2v) is 3.17. The van der Waals surface area contributed by atoms with E-state index in [0.717, 1.165) is 0 Å². The van der Waals surface area contributed by atoms with Crippen LogP contribution in [0.4, 0.5) is 0 Å². The van der Waals surface area contributed by atoms with Crippen molar-refractivity contribution >= 4 is 17.4 Å². The van der Waals surface area contributed by atoms with Crippen LogP contribution in [0.3, 0.4) is 0 Å². The summed E-state index contributed by atoms with van der Waals surface area (Å²) in [6.07, 6.45) is 0.441. The number of carbonyl (C=O) groups is 1. The molecule has 4 heteroatoms. The fraction of sp³-hybridized carbons (Fsp3) is 0.444. The third-order valence-corrected chi connectivity index (χ3v) is 2.13. The molecule has 1 rings (SSSR count). The molecule has 70 valence electrons. The molecule has 0 atom stereocenters. The maximum absolute atomic E-state index is 11.4. The minimum atomic E-state index is 0.00441. The highest BCUT2D eigenvalue weighted by Gasteiger charge is 2.11. The molecular formula is C9H11ClN2O. The standard InChI is InChI=1S/C9H11ClN2O/c1-4-7(13)8-5(2)12-9(10)6(3)11-8/h4H2,1-3H3. The molecule has 0 aliphatic rings. The van der Waals surface area contributed by atoms with Gasteiger partial charge < -0.3 is 0 Å². The summed E-state index contributed by atoms with van der Waals surface area (Å²) < 4.78 is 0. The lowest BCUT2D eigenvalue weighted by molar-refractivity contribution is 0.0982. The number of aryl methyl sites for hydroxylation is 2. The Morgan fingerprint density at radius 2 is 1.92 bits per heavy atom. The van der Waals surface area contributed by atoms with E-state index in [0.29, 0.717) is 28.7 Å². The maximum Gasteiger partial charge on any atom is 0.182 e. The molecule has 0 bridgehead atoms. The summed E-state index contributed by atoms with van der Waals surface area (Å²) in [4.78, 5) is 19.5. The van der Waals surface area contributed by atoms with E-state index >= 15 is 0 Å². The summed E-state index contributed by atoms with van der Waals surface area (Å²) in [5.74, 6) is 0.00441. The highest BCUT2D eigenvalue weighted by molar-refractivity contribution is 6.30. The van der Waals surface area contributed by atoms with Crippen molar-refractivity contribution in [2.24, 2.45) is 0 Å². The number of ketones is 1. The average Bonchev–Trinajstić information content (AvgIpc) is 2.10. The van der Waals surface area contributed by atoms with Gasteiger partial charge in [0.2, 0.25) is 0 Å². The molecule has 0 fully saturated rings. The van der Waals surface area contributed by atoms with Crippen molar-refractivity contribution in [3.8, 4) is 0 Å². The second kappa shape index (κ2) is 3.83. The molecule has 0 N–H and O–H groups in total. The molecule has 0 saturated carbocycles. The fourth-order valence-electron chi connectivity index (χ4n) is 1.01. The SMILES string of the molecule is CCC(=O)c1nc(C)c(Cl)nc1C. The topological polar surface area (TPSA) is 42.9 Å². The summed E-state index contributed by atoms with van der Waals surface area (Å²) in [6, 6.07) is 0. The first-order valence-electron chi connectivity index (χ1n) is 4.10. The highest BCUT2D eigenvalue weighted by atomic mass is 35.5. The minimum absolute atomic E-state index is 0.00441. The van der Waals surface area contributed by atoms with Crippen LogP contribution in [-0.4, -0.2) is 15.8 Å². The fourth-order valence-corrected chi connectivity index (χ4v) is 1.18. The lowest BCUT2D eigenvalue weighted by atomic mass is 10.2. The van der Waals surface area contributed by atoms with Gasteiger partial charge in [0.1, 0.15) is 5.69 Å². The number of nitrogens with zero attached hydrogens (tertiary/aromatic N) is 2. The predicted octanol–water partition coefficient (Wildman–Crippen LogP) is 2.34. The van der Waals surface area contributed by atoms with Crippen LogP contribution in [0.5, 0.6) is 0 Å². The molecule has 0 aliphatic carbocycles. The van der Waals surface area contributed by atoms with Gasteiger partial charge in [0.25, 0.3) is 0 Å². The van der Waals surface area contributed by atoms with Crippen LogP contribution in [0.25, 0.3) is 0 Å². The Bertz CT molecular complexity index is 350. The van der Waals surface area contributed by atoms with Crippen molar-refractivity contribution in [3.63, 3.8) is 0 Å². The Balaban J connectivity index is 3.23. The van der Waals surface area contributed by atoms with Crippen LogP contribution < -0.4 is 0 Å². The molecule has 0 aromatic carbocycles. The first kappa shape index (κ1) is 10.1. The van der Waals surface area contributed by atoms with Gasteiger partial charge in [-0.05, 0) is 13.8 Å². The van der Waals surface area contributed by atoms with E-state index in [4.69, 9.17) is 11.6 Å². The van der Waals surface area contributed by atoms with E-state index < -0.39 is 0 Å². The maximum atomic E-state index is 11.4. The van der Waals surface area contributed by atoms with E-state index in [2.05, 4.69) is 9.97 Å². The monoisotopic (exact) mass is 198 g/mol. The zero-order valence-electron chi connectivity index (χ0n) is 7.89. The van der Waals surface area contributed by atoms with Crippen LogP contribution >= 0.6 is 11.6 Å². The summed E-state index contributed by atoms with van der Waals surface area (Å²) in [5, 5.41) is 0.366. The quantitative estimate of drug-likeness (QED) is 0.685. The molecule has 1 aromatic heterocycles. The Morgan fingerprint density at radius 1 is 1.31 bits per heavy atom. The zero-order chi connectivity index (χ0) is 10.0. The van der Waals surface area contributed by atoms with Gasteiger partial charge in [0.15, 0.2) is 10.9 Å². The van der Waals surface area contributed by atoms with Crippen molar-refractivity contribution in [2.45, 2.75) is 27.2 Å². The number of rotatable bonds is 2. The second-order valence-electron chi connectivity index (χ2n) is 2.81. The predicted molar refractivity (Wildman–Crippen MR) is 51.1 cm³/mol. The van der Waals surface area contributed by atoms with Crippen molar-refractivity contribution in [3.05, 3.63) is 22.2 Å². The van der Waals surface area contributed by atoms with Crippen molar-refractivity contribution in [2.75, 3.05) is 0 Å². The minimum Gasteiger partial charge on any atom is -0.292 e. The lowest BCUT2D eigenvalue weighted by Crippen LogP contribution is -2.07. The lowest BCUT2D eigenvalue weighted by Gasteiger charge is -2.03. The molecule has 13 heavy (non-hydrogen) atoms. The molecule has 1 heterocycles. The molecule has 0 aliphatic heterocycles. The zero-order valence-corrected chi connectivity index (χ0v) is 8.64. The van der Waals surface area contributed by atoms with Gasteiger partial charge in [-0.15, -0.1) is 0 Å². The van der Waals surface area contributed by atoms with Crippen molar-refractivity contribution < 1.29 is 4.79 Å². The van der Waals surface area contributed by atoms with Gasteiger partial charge in [0.05, 0.1) is 11.4 Å². The van der Waals surface area contributed by atoms with Gasteiger partial charge in [-0.2, -0.15) is 0 Å². The van der Waals surface area contributed by atoms with E-state index in [1.807, 2.05) is 0 Å². The number of carbonyl (C=O) groups excluding carboxylic acids is 1. The molecule has 0 amide bonds. The summed E-state index contributed by atoms with van der Waals surface area (Å²) in [6.45, 7) is 5.27. The van der Waals surface area contributed by atoms with E-state index in [1.54, 1.807) is 20.8 Å². The highest BCUT2D eigenvalue weighted by Crippen LogP contribution is 2.13. The molecule has 1 aromatic rings. The van der Waals surface area contributed by atoms with Gasteiger partial charge >= 0.3 is 0 Å². The summed E-state index contributed by atoms with van der Waals surface area (Å²) >= 11 is 5.75. The van der Waals surface area contributed by atoms with Crippen LogP contribution in [0.2, 0.25) is 5.15 Å². The van der Waals surface area contributed by atoms with Crippen LogP contribution in [0, 0.1) is 13.8 Å². The average molecular weight is 199 g/mol. The number of hydrogen-bond donors (Lipinski definition) is 0. The molecule has 0 unspecified atom stereocenters. The van der Waals surface area contributed by atoms with E-state index in [9.17, 15) is 4.79 Å². The van der Waals surface area contributed by atoms with E-state index in [-0.39, 0.29) is 5.78 Å². The van der Waals surface area contributed by atoms with Gasteiger partial charge in [-0.1, -0.05) is 18.5 Å². The number of hydrogen-bond acceptors (Lipinski definition) is 3. The van der Waals surface area contributed by atoms with Crippen LogP contribution in [0.1, 0.15) is 35.2 Å². The first-order valence-corrected chi connectivity index (χ1v) is 4.48. The molecule has 0 radical (unpaired) electrons. The number of halogens is 1. The largest absolute Gasteiger partial charge is 0.292 e. The summed E-state index contributed by atoms with van der Waals surface area (Å²) in [7, 11) is 0. The smallest absolute Gasteiger partial charge is 0.182 e. The van der Waals surface area contributed by atoms with Crippen molar-refractivity contribution in [1.29, 1.82) is 0 Å². The van der Waals surface area contributed by atoms with Gasteiger partial charge in [-0.3, -0.25) is 4.79 Å². The Morgan fingerprint density at radius 3 is 2.46 bits per heavy atom. The van der Waals surface area contributed by atoms with Crippen molar-refractivity contribution in [1.82, 2.24) is 9.97 Å².